The number of aliphatic hydroxyl groups excluding tert-OH is 1. The van der Waals surface area contributed by atoms with Crippen molar-refractivity contribution >= 4 is 17.8 Å². The lowest BCUT2D eigenvalue weighted by Crippen LogP contribution is -2.31. The molecule has 2 aromatic carbocycles. The van der Waals surface area contributed by atoms with E-state index in [4.69, 9.17) is 9.84 Å². The zero-order valence-corrected chi connectivity index (χ0v) is 13.5. The fourth-order valence-corrected chi connectivity index (χ4v) is 2.66. The lowest BCUT2D eigenvalue weighted by Gasteiger charge is -2.13. The fourth-order valence-electron chi connectivity index (χ4n) is 2.66. The lowest BCUT2D eigenvalue weighted by molar-refractivity contribution is 0.0482. The number of esters is 1. The molecule has 128 valence electrons. The van der Waals surface area contributed by atoms with Crippen LogP contribution in [0.25, 0.3) is 0 Å². The summed E-state index contributed by atoms with van der Waals surface area (Å²) in [4.78, 5) is 37.5. The third kappa shape index (κ3) is 3.44. The molecular formula is C19H17NO5. The van der Waals surface area contributed by atoms with E-state index in [1.54, 1.807) is 48.5 Å². The summed E-state index contributed by atoms with van der Waals surface area (Å²) >= 11 is 0. The van der Waals surface area contributed by atoms with Crippen molar-refractivity contribution in [3.05, 3.63) is 70.8 Å². The van der Waals surface area contributed by atoms with Gasteiger partial charge < -0.3 is 9.84 Å². The maximum absolute atomic E-state index is 12.2. The molecule has 6 heteroatoms. The predicted octanol–water partition coefficient (Wildman–Crippen LogP) is 2.02. The summed E-state index contributed by atoms with van der Waals surface area (Å²) in [5.74, 6) is -1.11. The summed E-state index contributed by atoms with van der Waals surface area (Å²) in [6.45, 7) is 0.215. The van der Waals surface area contributed by atoms with Gasteiger partial charge in [0, 0.05) is 6.54 Å². The number of benzene rings is 2. The van der Waals surface area contributed by atoms with Gasteiger partial charge in [0.25, 0.3) is 11.8 Å². The van der Waals surface area contributed by atoms with Gasteiger partial charge in [0.05, 0.1) is 29.9 Å². The van der Waals surface area contributed by atoms with Crippen molar-refractivity contribution in [3.63, 3.8) is 0 Å². The average Bonchev–Trinajstić information content (AvgIpc) is 2.90. The Bertz CT molecular complexity index is 778. The highest BCUT2D eigenvalue weighted by molar-refractivity contribution is 6.21. The molecule has 1 heterocycles. The van der Waals surface area contributed by atoms with E-state index < -0.39 is 5.97 Å². The first-order valence-corrected chi connectivity index (χ1v) is 7.94. The molecule has 0 unspecified atom stereocenters. The van der Waals surface area contributed by atoms with Crippen molar-refractivity contribution in [2.75, 3.05) is 13.2 Å². The van der Waals surface area contributed by atoms with Crippen LogP contribution in [-0.4, -0.2) is 40.9 Å². The van der Waals surface area contributed by atoms with E-state index in [1.807, 2.05) is 0 Å². The van der Waals surface area contributed by atoms with E-state index in [-0.39, 0.29) is 31.6 Å². The molecule has 0 atom stereocenters. The van der Waals surface area contributed by atoms with Crippen LogP contribution in [0.5, 0.6) is 0 Å². The molecule has 0 aliphatic carbocycles. The lowest BCUT2D eigenvalue weighted by atomic mass is 10.1. The molecule has 1 aliphatic rings. The molecule has 25 heavy (non-hydrogen) atoms. The van der Waals surface area contributed by atoms with E-state index >= 15 is 0 Å². The average molecular weight is 339 g/mol. The molecule has 0 aromatic heterocycles. The van der Waals surface area contributed by atoms with Gasteiger partial charge in [-0.2, -0.15) is 0 Å². The third-order valence-electron chi connectivity index (χ3n) is 4.01. The Balaban J connectivity index is 1.50. The Hall–Kier alpha value is -2.99. The number of ether oxygens (including phenoxy) is 1. The first-order valence-electron chi connectivity index (χ1n) is 7.94. The number of amides is 2. The van der Waals surface area contributed by atoms with Gasteiger partial charge >= 0.3 is 5.97 Å². The van der Waals surface area contributed by atoms with Crippen LogP contribution in [0.15, 0.2) is 48.5 Å². The van der Waals surface area contributed by atoms with Crippen molar-refractivity contribution in [1.82, 2.24) is 4.90 Å². The van der Waals surface area contributed by atoms with Crippen LogP contribution < -0.4 is 0 Å². The van der Waals surface area contributed by atoms with Gasteiger partial charge in [-0.05, 0) is 36.2 Å². The number of carbonyl (C=O) groups excluding carboxylic acids is 3. The molecule has 2 aromatic rings. The van der Waals surface area contributed by atoms with Crippen molar-refractivity contribution in [2.45, 2.75) is 13.0 Å². The first kappa shape index (κ1) is 16.9. The number of nitrogens with zero attached hydrogens (tertiary/aromatic N) is 1. The first-order chi connectivity index (χ1) is 12.1. The Morgan fingerprint density at radius 2 is 1.56 bits per heavy atom. The second-order valence-corrected chi connectivity index (χ2v) is 5.65. The molecule has 1 aliphatic heterocycles. The molecule has 2 amide bonds. The second-order valence-electron chi connectivity index (χ2n) is 5.65. The summed E-state index contributed by atoms with van der Waals surface area (Å²) in [6, 6.07) is 13.2. The number of rotatable bonds is 6. The molecule has 0 saturated carbocycles. The standard InChI is InChI=1S/C19H17NO5/c21-12-13-6-8-14(9-7-13)19(24)25-11-3-10-20-17(22)15-4-1-2-5-16(15)18(20)23/h1-2,4-9,21H,3,10-12H2. The molecule has 6 nitrogen and oxygen atoms in total. The van der Waals surface area contributed by atoms with E-state index in [1.165, 1.54) is 4.90 Å². The highest BCUT2D eigenvalue weighted by Crippen LogP contribution is 2.22. The number of hydrogen-bond acceptors (Lipinski definition) is 5. The number of hydrogen-bond donors (Lipinski definition) is 1. The van der Waals surface area contributed by atoms with Crippen molar-refractivity contribution in [2.24, 2.45) is 0 Å². The summed E-state index contributed by atoms with van der Waals surface area (Å²) < 4.78 is 5.16. The van der Waals surface area contributed by atoms with Gasteiger partial charge in [-0.25, -0.2) is 4.79 Å². The molecule has 1 N–H and O–H groups in total. The van der Waals surface area contributed by atoms with E-state index in [0.717, 1.165) is 0 Å². The minimum atomic E-state index is -0.480. The highest BCUT2D eigenvalue weighted by Gasteiger charge is 2.34. The quantitative estimate of drug-likeness (QED) is 0.494. The zero-order chi connectivity index (χ0) is 17.8. The van der Waals surface area contributed by atoms with Gasteiger partial charge in [0.2, 0.25) is 0 Å². The van der Waals surface area contributed by atoms with Gasteiger partial charge in [0.1, 0.15) is 0 Å². The topological polar surface area (TPSA) is 83.9 Å². The normalized spacial score (nSPS) is 13.1. The maximum atomic E-state index is 12.2. The van der Waals surface area contributed by atoms with Crippen molar-refractivity contribution in [3.8, 4) is 0 Å². The summed E-state index contributed by atoms with van der Waals surface area (Å²) in [7, 11) is 0. The summed E-state index contributed by atoms with van der Waals surface area (Å²) in [5.41, 5.74) is 1.92. The van der Waals surface area contributed by atoms with Crippen molar-refractivity contribution in [1.29, 1.82) is 0 Å². The van der Waals surface area contributed by atoms with Crippen LogP contribution in [0.1, 0.15) is 43.1 Å². The van der Waals surface area contributed by atoms with Crippen LogP contribution in [0.3, 0.4) is 0 Å². The summed E-state index contributed by atoms with van der Waals surface area (Å²) in [6.07, 6.45) is 0.367. The molecule has 0 radical (unpaired) electrons. The Morgan fingerprint density at radius 1 is 0.960 bits per heavy atom. The minimum Gasteiger partial charge on any atom is -0.462 e. The molecule has 3 rings (SSSR count). The third-order valence-corrected chi connectivity index (χ3v) is 4.01. The molecular weight excluding hydrogens is 322 g/mol. The van der Waals surface area contributed by atoms with Crippen molar-refractivity contribution < 1.29 is 24.2 Å². The van der Waals surface area contributed by atoms with Gasteiger partial charge in [0.15, 0.2) is 0 Å². The van der Waals surface area contributed by atoms with Crippen LogP contribution in [0.4, 0.5) is 0 Å². The highest BCUT2D eigenvalue weighted by atomic mass is 16.5. The van der Waals surface area contributed by atoms with Gasteiger partial charge in [-0.15, -0.1) is 0 Å². The summed E-state index contributed by atoms with van der Waals surface area (Å²) in [5, 5.41) is 8.98. The van der Waals surface area contributed by atoms with Crippen LogP contribution in [0.2, 0.25) is 0 Å². The Labute approximate surface area is 144 Å². The molecule has 0 bridgehead atoms. The van der Waals surface area contributed by atoms with Crippen LogP contribution in [0, 0.1) is 0 Å². The number of aliphatic hydroxyl groups is 1. The van der Waals surface area contributed by atoms with E-state index in [0.29, 0.717) is 28.7 Å². The molecule has 0 spiro atoms. The molecule has 0 saturated heterocycles. The maximum Gasteiger partial charge on any atom is 0.338 e. The number of imide groups is 1. The molecule has 0 fully saturated rings. The number of fused-ring (bicyclic) bond motifs is 1. The Morgan fingerprint density at radius 3 is 2.12 bits per heavy atom. The van der Waals surface area contributed by atoms with Crippen LogP contribution in [-0.2, 0) is 11.3 Å². The minimum absolute atomic E-state index is 0.0877. The fraction of sp³-hybridized carbons (Fsp3) is 0.211. The predicted molar refractivity (Wildman–Crippen MR) is 89.1 cm³/mol. The van der Waals surface area contributed by atoms with Gasteiger partial charge in [-0.1, -0.05) is 24.3 Å². The Kier molecular flexibility index (Phi) is 4.90. The van der Waals surface area contributed by atoms with E-state index in [9.17, 15) is 14.4 Å². The van der Waals surface area contributed by atoms with E-state index in [2.05, 4.69) is 0 Å². The smallest absolute Gasteiger partial charge is 0.338 e. The van der Waals surface area contributed by atoms with Crippen LogP contribution >= 0.6 is 0 Å². The largest absolute Gasteiger partial charge is 0.462 e. The SMILES string of the molecule is O=C(OCCCN1C(=O)c2ccccc2C1=O)c1ccc(CO)cc1. The monoisotopic (exact) mass is 339 g/mol. The van der Waals surface area contributed by atoms with Gasteiger partial charge in [-0.3, -0.25) is 14.5 Å². The number of carbonyl (C=O) groups is 3. The zero-order valence-electron chi connectivity index (χ0n) is 13.5. The second kappa shape index (κ2) is 7.27.